The maximum atomic E-state index is 4.52. The molecule has 98 valence electrons. The van der Waals surface area contributed by atoms with Gasteiger partial charge in [0.05, 0.1) is 0 Å². The Balaban J connectivity index is 2.64. The van der Waals surface area contributed by atoms with Crippen molar-refractivity contribution in [2.24, 2.45) is 0 Å². The number of hydrogen-bond donors (Lipinski definition) is 1. The third-order valence-electron chi connectivity index (χ3n) is 3.19. The van der Waals surface area contributed by atoms with Crippen molar-refractivity contribution in [3.63, 3.8) is 0 Å². The molecular formula is C13H25N3S. The molecule has 0 saturated heterocycles. The smallest absolute Gasteiger partial charge is 0.185 e. The van der Waals surface area contributed by atoms with Gasteiger partial charge in [0.25, 0.3) is 0 Å². The Kier molecular flexibility index (Phi) is 5.92. The van der Waals surface area contributed by atoms with Crippen LogP contribution < -0.4 is 10.2 Å². The third kappa shape index (κ3) is 3.96. The molecule has 0 fully saturated rings. The SMILES string of the molecule is CCCNC(C)c1cnc(N(C)C(C)CC)s1. The number of nitrogens with zero attached hydrogens (tertiary/aromatic N) is 2. The lowest BCUT2D eigenvalue weighted by Crippen LogP contribution is -2.27. The van der Waals surface area contributed by atoms with Crippen molar-refractivity contribution in [1.82, 2.24) is 10.3 Å². The average Bonchev–Trinajstić information content (AvgIpc) is 2.83. The molecule has 0 saturated carbocycles. The summed E-state index contributed by atoms with van der Waals surface area (Å²) in [4.78, 5) is 8.11. The van der Waals surface area contributed by atoms with Crippen molar-refractivity contribution < 1.29 is 0 Å². The lowest BCUT2D eigenvalue weighted by atomic mass is 10.2. The zero-order valence-corrected chi connectivity index (χ0v) is 12.5. The van der Waals surface area contributed by atoms with Crippen LogP contribution in [0.2, 0.25) is 0 Å². The number of aromatic nitrogens is 1. The summed E-state index contributed by atoms with van der Waals surface area (Å²) in [6.45, 7) is 9.90. The van der Waals surface area contributed by atoms with Crippen LogP contribution in [0.5, 0.6) is 0 Å². The van der Waals surface area contributed by atoms with E-state index in [4.69, 9.17) is 0 Å². The molecule has 0 spiro atoms. The molecule has 1 aromatic rings. The summed E-state index contributed by atoms with van der Waals surface area (Å²) >= 11 is 1.80. The highest BCUT2D eigenvalue weighted by molar-refractivity contribution is 7.15. The van der Waals surface area contributed by atoms with Crippen LogP contribution in [0.25, 0.3) is 0 Å². The van der Waals surface area contributed by atoms with Crippen molar-refractivity contribution in [1.29, 1.82) is 0 Å². The molecule has 0 amide bonds. The van der Waals surface area contributed by atoms with Crippen LogP contribution in [-0.2, 0) is 0 Å². The van der Waals surface area contributed by atoms with Crippen LogP contribution in [-0.4, -0.2) is 24.6 Å². The maximum Gasteiger partial charge on any atom is 0.185 e. The largest absolute Gasteiger partial charge is 0.348 e. The van der Waals surface area contributed by atoms with Gasteiger partial charge in [0, 0.05) is 30.2 Å². The lowest BCUT2D eigenvalue weighted by Gasteiger charge is -2.22. The van der Waals surface area contributed by atoms with Gasteiger partial charge in [-0.05, 0) is 33.2 Å². The molecule has 0 bridgehead atoms. The zero-order chi connectivity index (χ0) is 12.8. The number of rotatable bonds is 7. The van der Waals surface area contributed by atoms with Crippen molar-refractivity contribution in [2.45, 2.75) is 52.6 Å². The van der Waals surface area contributed by atoms with E-state index >= 15 is 0 Å². The second-order valence-electron chi connectivity index (χ2n) is 4.59. The first-order valence-electron chi connectivity index (χ1n) is 6.52. The minimum Gasteiger partial charge on any atom is -0.348 e. The third-order valence-corrected chi connectivity index (χ3v) is 4.46. The molecule has 1 aromatic heterocycles. The summed E-state index contributed by atoms with van der Waals surface area (Å²) in [6, 6.07) is 0.958. The molecule has 0 aliphatic carbocycles. The van der Waals surface area contributed by atoms with Gasteiger partial charge >= 0.3 is 0 Å². The van der Waals surface area contributed by atoms with E-state index in [9.17, 15) is 0 Å². The summed E-state index contributed by atoms with van der Waals surface area (Å²) in [6.07, 6.45) is 4.32. The monoisotopic (exact) mass is 255 g/mol. The Morgan fingerprint density at radius 2 is 2.12 bits per heavy atom. The molecule has 1 rings (SSSR count). The first-order valence-corrected chi connectivity index (χ1v) is 7.33. The van der Waals surface area contributed by atoms with Crippen molar-refractivity contribution in [2.75, 3.05) is 18.5 Å². The van der Waals surface area contributed by atoms with Crippen molar-refractivity contribution in [3.8, 4) is 0 Å². The van der Waals surface area contributed by atoms with Gasteiger partial charge in [-0.25, -0.2) is 4.98 Å². The number of thiazole rings is 1. The molecule has 1 heterocycles. The lowest BCUT2D eigenvalue weighted by molar-refractivity contribution is 0.577. The van der Waals surface area contributed by atoms with Crippen LogP contribution in [0.15, 0.2) is 6.20 Å². The fourth-order valence-corrected chi connectivity index (χ4v) is 2.57. The normalized spacial score (nSPS) is 14.6. The van der Waals surface area contributed by atoms with E-state index in [1.165, 1.54) is 11.3 Å². The van der Waals surface area contributed by atoms with Crippen molar-refractivity contribution in [3.05, 3.63) is 11.1 Å². The van der Waals surface area contributed by atoms with Crippen LogP contribution in [0.3, 0.4) is 0 Å². The molecule has 0 aliphatic heterocycles. The van der Waals surface area contributed by atoms with Gasteiger partial charge < -0.3 is 10.2 Å². The fourth-order valence-electron chi connectivity index (χ4n) is 1.56. The Labute approximate surface area is 109 Å². The standard InChI is InChI=1S/C13H25N3S/c1-6-8-14-11(4)12-9-15-13(17-12)16(5)10(3)7-2/h9-11,14H,6-8H2,1-5H3. The molecule has 0 aromatic carbocycles. The van der Waals surface area contributed by atoms with Gasteiger partial charge in [-0.1, -0.05) is 13.8 Å². The highest BCUT2D eigenvalue weighted by atomic mass is 32.1. The molecule has 2 unspecified atom stereocenters. The molecule has 0 aliphatic rings. The highest BCUT2D eigenvalue weighted by Gasteiger charge is 2.14. The Hall–Kier alpha value is -0.610. The highest BCUT2D eigenvalue weighted by Crippen LogP contribution is 2.27. The Morgan fingerprint density at radius 1 is 1.41 bits per heavy atom. The number of anilines is 1. The van der Waals surface area contributed by atoms with Gasteiger partial charge in [-0.3, -0.25) is 0 Å². The summed E-state index contributed by atoms with van der Waals surface area (Å²) < 4.78 is 0. The van der Waals surface area contributed by atoms with E-state index in [2.05, 4.69) is 49.9 Å². The van der Waals surface area contributed by atoms with Crippen molar-refractivity contribution >= 4 is 16.5 Å². The second-order valence-corrected chi connectivity index (χ2v) is 5.63. The molecule has 0 radical (unpaired) electrons. The number of nitrogens with one attached hydrogen (secondary N) is 1. The van der Waals surface area contributed by atoms with Gasteiger partial charge in [-0.15, -0.1) is 11.3 Å². The van der Waals surface area contributed by atoms with Crippen LogP contribution >= 0.6 is 11.3 Å². The van der Waals surface area contributed by atoms with Gasteiger partial charge in [-0.2, -0.15) is 0 Å². The topological polar surface area (TPSA) is 28.2 Å². The molecule has 17 heavy (non-hydrogen) atoms. The molecule has 1 N–H and O–H groups in total. The van der Waals surface area contributed by atoms with E-state index in [0.717, 1.165) is 18.1 Å². The summed E-state index contributed by atoms with van der Waals surface area (Å²) in [5.41, 5.74) is 0. The first kappa shape index (κ1) is 14.5. The van der Waals surface area contributed by atoms with E-state index < -0.39 is 0 Å². The fraction of sp³-hybridized carbons (Fsp3) is 0.769. The zero-order valence-electron chi connectivity index (χ0n) is 11.7. The number of hydrogen-bond acceptors (Lipinski definition) is 4. The van der Waals surface area contributed by atoms with Gasteiger partial charge in [0.15, 0.2) is 5.13 Å². The minimum atomic E-state index is 0.409. The maximum absolute atomic E-state index is 4.52. The predicted octanol–water partition coefficient (Wildman–Crippen LogP) is 3.44. The summed E-state index contributed by atoms with van der Waals surface area (Å²) in [7, 11) is 2.13. The van der Waals surface area contributed by atoms with Crippen LogP contribution in [0, 0.1) is 0 Å². The minimum absolute atomic E-state index is 0.409. The molecule has 3 nitrogen and oxygen atoms in total. The summed E-state index contributed by atoms with van der Waals surface area (Å²) in [5, 5.41) is 4.62. The van der Waals surface area contributed by atoms with Crippen LogP contribution in [0.1, 0.15) is 51.5 Å². The van der Waals surface area contributed by atoms with Gasteiger partial charge in [0.1, 0.15) is 0 Å². The van der Waals surface area contributed by atoms with E-state index in [1.807, 2.05) is 6.20 Å². The molecule has 4 heteroatoms. The summed E-state index contributed by atoms with van der Waals surface area (Å²) in [5.74, 6) is 0. The average molecular weight is 255 g/mol. The van der Waals surface area contributed by atoms with E-state index in [-0.39, 0.29) is 0 Å². The van der Waals surface area contributed by atoms with Crippen LogP contribution in [0.4, 0.5) is 5.13 Å². The van der Waals surface area contributed by atoms with E-state index in [1.54, 1.807) is 11.3 Å². The van der Waals surface area contributed by atoms with E-state index in [0.29, 0.717) is 12.1 Å². The Bertz CT molecular complexity index is 324. The molecular weight excluding hydrogens is 230 g/mol. The van der Waals surface area contributed by atoms with Gasteiger partial charge in [0.2, 0.25) is 0 Å². The second kappa shape index (κ2) is 6.97. The molecule has 2 atom stereocenters. The quantitative estimate of drug-likeness (QED) is 0.809. The Morgan fingerprint density at radius 3 is 2.71 bits per heavy atom. The predicted molar refractivity (Wildman–Crippen MR) is 77.0 cm³/mol. The first-order chi connectivity index (χ1) is 8.10.